The topological polar surface area (TPSA) is 70.8 Å². The molecule has 0 unspecified atom stereocenters. The van der Waals surface area contributed by atoms with E-state index in [1.165, 1.54) is 18.3 Å². The summed E-state index contributed by atoms with van der Waals surface area (Å²) < 4.78 is 21.9. The van der Waals surface area contributed by atoms with Gasteiger partial charge in [0.05, 0.1) is 11.6 Å². The minimum atomic E-state index is -3.30. The maximum atomic E-state index is 10.9. The second-order valence-corrected chi connectivity index (χ2v) is 4.23. The van der Waals surface area contributed by atoms with Crippen molar-refractivity contribution >= 4 is 9.84 Å². The standard InChI is InChI=1S/C7H6N2O2S/c1-12(10,11)7-4-6(5-8)2-3-9-7/h2-4H,1H3. The molecule has 1 rings (SSSR count). The summed E-state index contributed by atoms with van der Waals surface area (Å²) in [5, 5.41) is 8.39. The van der Waals surface area contributed by atoms with Gasteiger partial charge in [-0.05, 0) is 12.1 Å². The van der Waals surface area contributed by atoms with Gasteiger partial charge in [-0.15, -0.1) is 0 Å². The van der Waals surface area contributed by atoms with Crippen molar-refractivity contribution in [3.63, 3.8) is 0 Å². The van der Waals surface area contributed by atoms with Crippen LogP contribution in [0.3, 0.4) is 0 Å². The maximum Gasteiger partial charge on any atom is 0.192 e. The third-order valence-electron chi connectivity index (χ3n) is 1.24. The number of nitrogens with zero attached hydrogens (tertiary/aromatic N) is 2. The average molecular weight is 182 g/mol. The van der Waals surface area contributed by atoms with Gasteiger partial charge in [-0.1, -0.05) is 0 Å². The molecule has 0 amide bonds. The smallest absolute Gasteiger partial charge is 0.192 e. The number of rotatable bonds is 1. The van der Waals surface area contributed by atoms with Crippen LogP contribution in [0.25, 0.3) is 0 Å². The summed E-state index contributed by atoms with van der Waals surface area (Å²) in [5.41, 5.74) is 0.297. The van der Waals surface area contributed by atoms with Gasteiger partial charge in [-0.25, -0.2) is 13.4 Å². The van der Waals surface area contributed by atoms with E-state index in [4.69, 9.17) is 5.26 Å². The highest BCUT2D eigenvalue weighted by Crippen LogP contribution is 2.06. The Kier molecular flexibility index (Phi) is 2.11. The zero-order chi connectivity index (χ0) is 9.19. The lowest BCUT2D eigenvalue weighted by Crippen LogP contribution is -2.00. The second-order valence-electron chi connectivity index (χ2n) is 2.27. The first-order valence-corrected chi connectivity index (χ1v) is 4.99. The number of pyridine rings is 1. The highest BCUT2D eigenvalue weighted by atomic mass is 32.2. The van der Waals surface area contributed by atoms with Gasteiger partial charge in [-0.2, -0.15) is 5.26 Å². The molecular formula is C7H6N2O2S. The van der Waals surface area contributed by atoms with Gasteiger partial charge in [0, 0.05) is 12.5 Å². The fraction of sp³-hybridized carbons (Fsp3) is 0.143. The van der Waals surface area contributed by atoms with Crippen molar-refractivity contribution < 1.29 is 8.42 Å². The zero-order valence-electron chi connectivity index (χ0n) is 6.35. The molecule has 5 heteroatoms. The minimum absolute atomic E-state index is 0.0680. The van der Waals surface area contributed by atoms with Crippen molar-refractivity contribution in [2.45, 2.75) is 5.03 Å². The molecule has 0 aliphatic heterocycles. The molecule has 0 saturated heterocycles. The van der Waals surface area contributed by atoms with Crippen LogP contribution in [0, 0.1) is 11.3 Å². The lowest BCUT2D eigenvalue weighted by atomic mass is 10.3. The molecule has 12 heavy (non-hydrogen) atoms. The molecule has 1 heterocycles. The Labute approximate surface area is 70.4 Å². The van der Waals surface area contributed by atoms with Gasteiger partial charge >= 0.3 is 0 Å². The highest BCUT2D eigenvalue weighted by molar-refractivity contribution is 7.90. The SMILES string of the molecule is CS(=O)(=O)c1cc(C#N)ccn1. The fourth-order valence-electron chi connectivity index (χ4n) is 0.682. The maximum absolute atomic E-state index is 10.9. The van der Waals surface area contributed by atoms with Crippen LogP contribution in [0.1, 0.15) is 5.56 Å². The Bertz CT molecular complexity index is 431. The summed E-state index contributed by atoms with van der Waals surface area (Å²) in [6.07, 6.45) is 2.35. The van der Waals surface area contributed by atoms with Gasteiger partial charge in [0.15, 0.2) is 14.9 Å². The summed E-state index contributed by atoms with van der Waals surface area (Å²) in [4.78, 5) is 3.62. The fourth-order valence-corrected chi connectivity index (χ4v) is 1.28. The molecule has 0 saturated carbocycles. The molecule has 0 atom stereocenters. The van der Waals surface area contributed by atoms with Gasteiger partial charge < -0.3 is 0 Å². The largest absolute Gasteiger partial charge is 0.245 e. The molecule has 1 aromatic heterocycles. The lowest BCUT2D eigenvalue weighted by molar-refractivity contribution is 0.598. The second kappa shape index (κ2) is 2.91. The monoisotopic (exact) mass is 182 g/mol. The summed E-state index contributed by atoms with van der Waals surface area (Å²) in [5.74, 6) is 0. The van der Waals surface area contributed by atoms with Crippen LogP contribution < -0.4 is 0 Å². The van der Waals surface area contributed by atoms with Crippen molar-refractivity contribution in [1.82, 2.24) is 4.98 Å². The van der Waals surface area contributed by atoms with Gasteiger partial charge in [-0.3, -0.25) is 0 Å². The Hall–Kier alpha value is -1.41. The molecule has 0 bridgehead atoms. The summed E-state index contributed by atoms with van der Waals surface area (Å²) in [7, 11) is -3.30. The van der Waals surface area contributed by atoms with Crippen LogP contribution in [-0.2, 0) is 9.84 Å². The van der Waals surface area contributed by atoms with Crippen molar-refractivity contribution in [1.29, 1.82) is 5.26 Å². The number of hydrogen-bond donors (Lipinski definition) is 0. The summed E-state index contributed by atoms with van der Waals surface area (Å²) >= 11 is 0. The summed E-state index contributed by atoms with van der Waals surface area (Å²) in [6, 6.07) is 4.53. The number of sulfone groups is 1. The minimum Gasteiger partial charge on any atom is -0.245 e. The van der Waals surface area contributed by atoms with E-state index in [2.05, 4.69) is 4.98 Å². The van der Waals surface area contributed by atoms with Crippen LogP contribution in [0.15, 0.2) is 23.4 Å². The van der Waals surface area contributed by atoms with E-state index in [9.17, 15) is 8.42 Å². The first kappa shape index (κ1) is 8.68. The Balaban J connectivity index is 3.32. The quantitative estimate of drug-likeness (QED) is 0.628. The highest BCUT2D eigenvalue weighted by Gasteiger charge is 2.08. The summed E-state index contributed by atoms with van der Waals surface area (Å²) in [6.45, 7) is 0. The predicted octanol–water partition coefficient (Wildman–Crippen LogP) is 0.357. The Morgan fingerprint density at radius 3 is 2.75 bits per heavy atom. The first-order chi connectivity index (χ1) is 5.54. The van der Waals surface area contributed by atoms with E-state index in [0.717, 1.165) is 6.26 Å². The van der Waals surface area contributed by atoms with Crippen LogP contribution in [0.4, 0.5) is 0 Å². The average Bonchev–Trinajstić information content (AvgIpc) is 2.03. The van der Waals surface area contributed by atoms with E-state index in [1.807, 2.05) is 6.07 Å². The van der Waals surface area contributed by atoms with E-state index < -0.39 is 9.84 Å². The number of nitriles is 1. The van der Waals surface area contributed by atoms with E-state index in [-0.39, 0.29) is 5.03 Å². The van der Waals surface area contributed by atoms with E-state index in [0.29, 0.717) is 5.56 Å². The van der Waals surface area contributed by atoms with Crippen molar-refractivity contribution in [3.05, 3.63) is 23.9 Å². The third kappa shape index (κ3) is 1.80. The van der Waals surface area contributed by atoms with Gasteiger partial charge in [0.25, 0.3) is 0 Å². The first-order valence-electron chi connectivity index (χ1n) is 3.10. The normalized spacial score (nSPS) is 10.7. The molecule has 0 aliphatic rings. The van der Waals surface area contributed by atoms with Crippen LogP contribution in [0.2, 0.25) is 0 Å². The number of aromatic nitrogens is 1. The van der Waals surface area contributed by atoms with E-state index >= 15 is 0 Å². The molecule has 0 fully saturated rings. The van der Waals surface area contributed by atoms with Crippen LogP contribution in [0.5, 0.6) is 0 Å². The van der Waals surface area contributed by atoms with E-state index in [1.54, 1.807) is 0 Å². The number of hydrogen-bond acceptors (Lipinski definition) is 4. The molecule has 62 valence electrons. The Morgan fingerprint density at radius 2 is 2.25 bits per heavy atom. The predicted molar refractivity (Wildman–Crippen MR) is 42.1 cm³/mol. The van der Waals surface area contributed by atoms with Crippen molar-refractivity contribution in [2.75, 3.05) is 6.26 Å². The molecule has 0 spiro atoms. The Morgan fingerprint density at radius 1 is 1.58 bits per heavy atom. The molecule has 0 N–H and O–H groups in total. The molecule has 4 nitrogen and oxygen atoms in total. The van der Waals surface area contributed by atoms with Crippen LogP contribution in [-0.4, -0.2) is 19.7 Å². The van der Waals surface area contributed by atoms with Crippen molar-refractivity contribution in [2.24, 2.45) is 0 Å². The van der Waals surface area contributed by atoms with Gasteiger partial charge in [0.1, 0.15) is 0 Å². The lowest BCUT2D eigenvalue weighted by Gasteiger charge is -1.95. The molecule has 0 aliphatic carbocycles. The van der Waals surface area contributed by atoms with Crippen LogP contribution >= 0.6 is 0 Å². The molecule has 0 aromatic carbocycles. The zero-order valence-corrected chi connectivity index (χ0v) is 7.17. The van der Waals surface area contributed by atoms with Crippen molar-refractivity contribution in [3.8, 4) is 6.07 Å². The van der Waals surface area contributed by atoms with Gasteiger partial charge in [0.2, 0.25) is 0 Å². The third-order valence-corrected chi connectivity index (χ3v) is 2.23. The molecule has 1 aromatic rings. The molecular weight excluding hydrogens is 176 g/mol. The molecule has 0 radical (unpaired) electrons.